The van der Waals surface area contributed by atoms with Gasteiger partial charge < -0.3 is 10.2 Å². The highest BCUT2D eigenvalue weighted by atomic mass is 35.5. The molecule has 2 heterocycles. The molecule has 178 valence electrons. The molecular weight excluding hydrogens is 472 g/mol. The number of hydrogen-bond acceptors (Lipinski definition) is 5. The van der Waals surface area contributed by atoms with Crippen molar-refractivity contribution in [2.24, 2.45) is 0 Å². The first-order valence-electron chi connectivity index (χ1n) is 11.3. The number of halogens is 1. The molecule has 0 unspecified atom stereocenters. The van der Waals surface area contributed by atoms with E-state index in [1.54, 1.807) is 36.4 Å². The zero-order valence-electron chi connectivity index (χ0n) is 18.7. The number of H-pyrrole nitrogens is 1. The van der Waals surface area contributed by atoms with Crippen LogP contribution >= 0.6 is 12.4 Å². The van der Waals surface area contributed by atoms with Gasteiger partial charge in [-0.3, -0.25) is 9.89 Å². The zero-order valence-corrected chi connectivity index (χ0v) is 20.3. The summed E-state index contributed by atoms with van der Waals surface area (Å²) in [5.41, 5.74) is 1.03. The smallest absolute Gasteiger partial charge is 0.226 e. The number of carbonyl (C=O) groups is 1. The van der Waals surface area contributed by atoms with Crippen LogP contribution in [0.5, 0.6) is 0 Å². The molecular formula is C25H27ClN4O3S. The number of fused-ring (bicyclic) bond motifs is 2. The molecule has 3 aromatic carbocycles. The molecule has 4 aromatic rings. The van der Waals surface area contributed by atoms with Crippen molar-refractivity contribution >= 4 is 55.5 Å². The highest BCUT2D eigenvalue weighted by molar-refractivity contribution is 7.91. The second-order valence-corrected chi connectivity index (χ2v) is 10.3. The van der Waals surface area contributed by atoms with Crippen LogP contribution in [-0.2, 0) is 14.6 Å². The molecule has 0 atom stereocenters. The molecule has 1 fully saturated rings. The Labute approximate surface area is 204 Å². The number of likely N-dealkylation sites (tertiary alicyclic amines) is 1. The van der Waals surface area contributed by atoms with E-state index in [0.717, 1.165) is 25.0 Å². The second-order valence-electron chi connectivity index (χ2n) is 8.44. The van der Waals surface area contributed by atoms with Crippen molar-refractivity contribution < 1.29 is 13.2 Å². The fourth-order valence-corrected chi connectivity index (χ4v) is 6.08. The summed E-state index contributed by atoms with van der Waals surface area (Å²) in [6.45, 7) is 2.81. The quantitative estimate of drug-likeness (QED) is 0.398. The first kappa shape index (κ1) is 24.2. The maximum atomic E-state index is 13.6. The van der Waals surface area contributed by atoms with Gasteiger partial charge in [0.15, 0.2) is 5.03 Å². The van der Waals surface area contributed by atoms with E-state index in [0.29, 0.717) is 28.4 Å². The maximum absolute atomic E-state index is 13.6. The van der Waals surface area contributed by atoms with Crippen LogP contribution in [0.25, 0.3) is 21.7 Å². The first-order valence-corrected chi connectivity index (χ1v) is 12.7. The standard InChI is InChI=1S/C25H26N4O3S.ClH/c30-23(14-17-29-15-4-1-5-16-29)26-21-12-7-11-20-24(21)27-28-25(20)33(31,32)22-13-6-9-18-8-2-3-10-19(18)22;/h2-3,6-13H,1,4-5,14-17H2,(H,26,30)(H,27,28);1H. The summed E-state index contributed by atoms with van der Waals surface area (Å²) < 4.78 is 27.1. The van der Waals surface area contributed by atoms with E-state index in [2.05, 4.69) is 20.4 Å². The number of aromatic amines is 1. The summed E-state index contributed by atoms with van der Waals surface area (Å²) in [5, 5.41) is 11.8. The molecule has 2 N–H and O–H groups in total. The van der Waals surface area contributed by atoms with Gasteiger partial charge in [0.25, 0.3) is 0 Å². The number of carbonyl (C=O) groups excluding carboxylic acids is 1. The molecule has 0 saturated carbocycles. The van der Waals surface area contributed by atoms with Crippen LogP contribution in [0.3, 0.4) is 0 Å². The number of amides is 1. The van der Waals surface area contributed by atoms with Crippen molar-refractivity contribution in [3.8, 4) is 0 Å². The molecule has 1 aromatic heterocycles. The monoisotopic (exact) mass is 498 g/mol. The van der Waals surface area contributed by atoms with Crippen LogP contribution in [0.15, 0.2) is 70.6 Å². The van der Waals surface area contributed by atoms with Crippen LogP contribution in [0.2, 0.25) is 0 Å². The minimum atomic E-state index is -3.88. The van der Waals surface area contributed by atoms with Crippen molar-refractivity contribution in [2.75, 3.05) is 25.0 Å². The van der Waals surface area contributed by atoms with Gasteiger partial charge in [-0.15, -0.1) is 12.4 Å². The Kier molecular flexibility index (Phi) is 7.21. The van der Waals surface area contributed by atoms with Crippen molar-refractivity contribution in [1.82, 2.24) is 15.1 Å². The summed E-state index contributed by atoms with van der Waals surface area (Å²) in [7, 11) is -3.88. The van der Waals surface area contributed by atoms with Gasteiger partial charge in [0, 0.05) is 23.7 Å². The minimum absolute atomic E-state index is 0. The van der Waals surface area contributed by atoms with Crippen LogP contribution < -0.4 is 5.32 Å². The van der Waals surface area contributed by atoms with Gasteiger partial charge in [-0.1, -0.05) is 48.9 Å². The lowest BCUT2D eigenvalue weighted by atomic mass is 10.1. The molecule has 0 spiro atoms. The summed E-state index contributed by atoms with van der Waals surface area (Å²) in [6, 6.07) is 17.8. The summed E-state index contributed by atoms with van der Waals surface area (Å²) in [4.78, 5) is 15.1. The molecule has 9 heteroatoms. The molecule has 1 saturated heterocycles. The average molecular weight is 499 g/mol. The number of rotatable bonds is 6. The lowest BCUT2D eigenvalue weighted by Crippen LogP contribution is -2.32. The van der Waals surface area contributed by atoms with Crippen molar-refractivity contribution in [2.45, 2.75) is 35.6 Å². The van der Waals surface area contributed by atoms with Crippen LogP contribution in [0.4, 0.5) is 5.69 Å². The molecule has 1 aliphatic rings. The summed E-state index contributed by atoms with van der Waals surface area (Å²) in [6.07, 6.45) is 4.02. The van der Waals surface area contributed by atoms with Gasteiger partial charge in [0.05, 0.1) is 16.1 Å². The number of nitrogens with one attached hydrogen (secondary N) is 2. The normalized spacial score (nSPS) is 14.7. The zero-order chi connectivity index (χ0) is 22.8. The molecule has 5 rings (SSSR count). The molecule has 1 aliphatic heterocycles. The number of anilines is 1. The Morgan fingerprint density at radius 1 is 0.941 bits per heavy atom. The van der Waals surface area contributed by atoms with E-state index in [-0.39, 0.29) is 28.2 Å². The number of hydrogen-bond donors (Lipinski definition) is 2. The van der Waals surface area contributed by atoms with E-state index < -0.39 is 9.84 Å². The van der Waals surface area contributed by atoms with Gasteiger partial charge in [0.1, 0.15) is 0 Å². The molecule has 0 bridgehead atoms. The molecule has 1 amide bonds. The lowest BCUT2D eigenvalue weighted by molar-refractivity contribution is -0.116. The summed E-state index contributed by atoms with van der Waals surface area (Å²) in [5.74, 6) is -0.0962. The largest absolute Gasteiger partial charge is 0.324 e. The number of benzene rings is 3. The van der Waals surface area contributed by atoms with Crippen LogP contribution in [0.1, 0.15) is 25.7 Å². The fourth-order valence-electron chi connectivity index (χ4n) is 4.52. The third kappa shape index (κ3) is 4.66. The van der Waals surface area contributed by atoms with Gasteiger partial charge in [0.2, 0.25) is 15.7 Å². The van der Waals surface area contributed by atoms with E-state index in [4.69, 9.17) is 0 Å². The molecule has 0 aliphatic carbocycles. The third-order valence-electron chi connectivity index (χ3n) is 6.24. The number of nitrogens with zero attached hydrogens (tertiary/aromatic N) is 2. The highest BCUT2D eigenvalue weighted by Crippen LogP contribution is 2.33. The second kappa shape index (κ2) is 10.1. The number of para-hydroxylation sites is 1. The fraction of sp³-hybridized carbons (Fsp3) is 0.280. The van der Waals surface area contributed by atoms with Crippen molar-refractivity contribution in [3.63, 3.8) is 0 Å². The molecule has 0 radical (unpaired) electrons. The Balaban J connectivity index is 0.00000274. The van der Waals surface area contributed by atoms with E-state index in [1.165, 1.54) is 19.3 Å². The number of piperidine rings is 1. The Bertz CT molecular complexity index is 1420. The van der Waals surface area contributed by atoms with E-state index in [9.17, 15) is 13.2 Å². The first-order chi connectivity index (χ1) is 16.0. The number of sulfone groups is 1. The molecule has 7 nitrogen and oxygen atoms in total. The topological polar surface area (TPSA) is 95.2 Å². The van der Waals surface area contributed by atoms with Gasteiger partial charge >= 0.3 is 0 Å². The van der Waals surface area contributed by atoms with E-state index in [1.807, 2.05) is 24.3 Å². The Hall–Kier alpha value is -2.94. The van der Waals surface area contributed by atoms with Crippen LogP contribution in [-0.4, -0.2) is 49.1 Å². The highest BCUT2D eigenvalue weighted by Gasteiger charge is 2.26. The molecule has 34 heavy (non-hydrogen) atoms. The van der Waals surface area contributed by atoms with Gasteiger partial charge in [-0.2, -0.15) is 5.10 Å². The minimum Gasteiger partial charge on any atom is -0.324 e. The van der Waals surface area contributed by atoms with Gasteiger partial charge in [-0.05, 0) is 49.5 Å². The maximum Gasteiger partial charge on any atom is 0.226 e. The summed E-state index contributed by atoms with van der Waals surface area (Å²) >= 11 is 0. The van der Waals surface area contributed by atoms with Crippen LogP contribution in [0, 0.1) is 0 Å². The van der Waals surface area contributed by atoms with Crippen molar-refractivity contribution in [3.05, 3.63) is 60.7 Å². The number of aromatic nitrogens is 2. The lowest BCUT2D eigenvalue weighted by Gasteiger charge is -2.25. The van der Waals surface area contributed by atoms with E-state index >= 15 is 0 Å². The Morgan fingerprint density at radius 3 is 2.47 bits per heavy atom. The third-order valence-corrected chi connectivity index (χ3v) is 7.99. The predicted octanol–water partition coefficient (Wildman–Crippen LogP) is 4.79. The predicted molar refractivity (Wildman–Crippen MR) is 136 cm³/mol. The average Bonchev–Trinajstić information content (AvgIpc) is 3.29. The van der Waals surface area contributed by atoms with Gasteiger partial charge in [-0.25, -0.2) is 8.42 Å². The van der Waals surface area contributed by atoms with Crippen molar-refractivity contribution in [1.29, 1.82) is 0 Å². The Morgan fingerprint density at radius 2 is 1.65 bits per heavy atom. The SMILES string of the molecule is Cl.O=C(CCN1CCCCC1)Nc1cccc2c(S(=O)(=O)c3cccc4ccccc34)n[nH]c12.